The molecule has 0 bridgehead atoms. The maximum atomic E-state index is 9.75. The molecule has 3 aromatic heterocycles. The molecule has 0 amide bonds. The van der Waals surface area contributed by atoms with E-state index >= 15 is 0 Å². The van der Waals surface area contributed by atoms with Gasteiger partial charge in [0.15, 0.2) is 0 Å². The van der Waals surface area contributed by atoms with Gasteiger partial charge >= 0.3 is 0 Å². The minimum absolute atomic E-state index is 0.226. The zero-order chi connectivity index (χ0) is 24.0. The first kappa shape index (κ1) is 23.1. The average Bonchev–Trinajstić information content (AvgIpc) is 3.45. The second-order valence-corrected chi connectivity index (χ2v) is 8.65. The van der Waals surface area contributed by atoms with Crippen molar-refractivity contribution in [2.24, 2.45) is 0 Å². The monoisotopic (exact) mass is 472 g/mol. The zero-order valence-corrected chi connectivity index (χ0v) is 19.7. The van der Waals surface area contributed by atoms with Crippen molar-refractivity contribution in [3.8, 4) is 17.3 Å². The minimum Gasteiger partial charge on any atom is -0.379 e. The Balaban J connectivity index is 1.28. The quantitative estimate of drug-likeness (QED) is 0.550. The molecule has 0 spiro atoms. The van der Waals surface area contributed by atoms with E-state index in [2.05, 4.69) is 36.2 Å². The van der Waals surface area contributed by atoms with Crippen LogP contribution in [0.15, 0.2) is 42.9 Å². The summed E-state index contributed by atoms with van der Waals surface area (Å²) in [5.74, 6) is 1.11. The number of rotatable bonds is 7. The van der Waals surface area contributed by atoms with Gasteiger partial charge in [0, 0.05) is 51.2 Å². The third-order valence-electron chi connectivity index (χ3n) is 6.30. The number of nitriles is 1. The van der Waals surface area contributed by atoms with Crippen LogP contribution in [0.4, 0.5) is 17.5 Å². The lowest BCUT2D eigenvalue weighted by molar-refractivity contribution is 0.0336. The zero-order valence-electron chi connectivity index (χ0n) is 19.7. The molecule has 2 aliphatic heterocycles. The molecular formula is C25H28N8O2. The molecule has 2 fully saturated rings. The highest BCUT2D eigenvalue weighted by molar-refractivity contribution is 5.67. The Morgan fingerprint density at radius 3 is 2.74 bits per heavy atom. The molecular weight excluding hydrogens is 444 g/mol. The van der Waals surface area contributed by atoms with Crippen molar-refractivity contribution in [2.75, 3.05) is 56.8 Å². The van der Waals surface area contributed by atoms with E-state index in [0.29, 0.717) is 29.6 Å². The maximum Gasteiger partial charge on any atom is 0.227 e. The molecule has 1 N–H and O–H groups in total. The van der Waals surface area contributed by atoms with Crippen molar-refractivity contribution in [1.29, 1.82) is 5.26 Å². The molecule has 2 aliphatic rings. The number of nitrogens with zero attached hydrogens (tertiary/aromatic N) is 7. The summed E-state index contributed by atoms with van der Waals surface area (Å²) in [7, 11) is 1.95. The van der Waals surface area contributed by atoms with Gasteiger partial charge in [-0.3, -0.25) is 9.88 Å². The maximum absolute atomic E-state index is 9.75. The van der Waals surface area contributed by atoms with E-state index < -0.39 is 0 Å². The number of pyridine rings is 2. The van der Waals surface area contributed by atoms with Crippen LogP contribution in [0.1, 0.15) is 17.7 Å². The highest BCUT2D eigenvalue weighted by Crippen LogP contribution is 2.26. The minimum atomic E-state index is 0.226. The smallest absolute Gasteiger partial charge is 0.227 e. The molecule has 10 nitrogen and oxygen atoms in total. The molecule has 5 heterocycles. The number of hydrogen-bond donors (Lipinski definition) is 1. The predicted octanol–water partition coefficient (Wildman–Crippen LogP) is 2.61. The second-order valence-electron chi connectivity index (χ2n) is 8.65. The number of hydrogen-bond acceptors (Lipinski definition) is 10. The lowest BCUT2D eigenvalue weighted by Crippen LogP contribution is -2.35. The van der Waals surface area contributed by atoms with Crippen LogP contribution in [0.2, 0.25) is 0 Å². The topological polar surface area (TPSA) is 112 Å². The van der Waals surface area contributed by atoms with Gasteiger partial charge in [-0.25, -0.2) is 15.0 Å². The molecule has 3 aromatic rings. The third kappa shape index (κ3) is 5.54. The van der Waals surface area contributed by atoms with Crippen molar-refractivity contribution >= 4 is 17.5 Å². The van der Waals surface area contributed by atoms with Crippen molar-refractivity contribution in [1.82, 2.24) is 24.8 Å². The lowest BCUT2D eigenvalue weighted by atomic mass is 10.1. The van der Waals surface area contributed by atoms with Gasteiger partial charge < -0.3 is 19.7 Å². The second kappa shape index (κ2) is 10.7. The number of anilines is 3. The van der Waals surface area contributed by atoms with E-state index in [1.54, 1.807) is 24.7 Å². The van der Waals surface area contributed by atoms with Crippen LogP contribution in [0.3, 0.4) is 0 Å². The van der Waals surface area contributed by atoms with Crippen molar-refractivity contribution in [2.45, 2.75) is 19.0 Å². The molecule has 1 atom stereocenters. The van der Waals surface area contributed by atoms with Crippen LogP contribution in [0, 0.1) is 11.3 Å². The number of nitrogens with one attached hydrogen (secondary N) is 1. The average molecular weight is 473 g/mol. The molecule has 5 rings (SSSR count). The standard InChI is InChI=1S/C25H28N8O2/c1-32(22-5-9-35-17-22)24-18(13-26)12-19(14-29-24)23-4-6-27-25(31-23)30-20-2-3-21(28-15-20)16-33-7-10-34-11-8-33/h2-4,6,12,14-15,22H,5,7-11,16-17H2,1H3,(H,27,30,31). The molecule has 35 heavy (non-hydrogen) atoms. The van der Waals surface area contributed by atoms with Crippen LogP contribution in [0.25, 0.3) is 11.3 Å². The van der Waals surface area contributed by atoms with E-state index in [-0.39, 0.29) is 6.04 Å². The number of ether oxygens (including phenoxy) is 2. The van der Waals surface area contributed by atoms with Crippen LogP contribution in [0.5, 0.6) is 0 Å². The van der Waals surface area contributed by atoms with Crippen LogP contribution in [-0.2, 0) is 16.0 Å². The van der Waals surface area contributed by atoms with Crippen molar-refractivity contribution in [3.63, 3.8) is 0 Å². The summed E-state index contributed by atoms with van der Waals surface area (Å²) >= 11 is 0. The Labute approximate surface area is 204 Å². The van der Waals surface area contributed by atoms with Crippen LogP contribution in [-0.4, -0.2) is 77.4 Å². The number of morpholine rings is 1. The summed E-state index contributed by atoms with van der Waals surface area (Å²) in [4.78, 5) is 22.5. The van der Waals surface area contributed by atoms with Crippen molar-refractivity contribution in [3.05, 3.63) is 54.1 Å². The molecule has 0 radical (unpaired) electrons. The summed E-state index contributed by atoms with van der Waals surface area (Å²) in [5, 5.41) is 13.0. The van der Waals surface area contributed by atoms with Gasteiger partial charge in [0.1, 0.15) is 11.9 Å². The first-order chi connectivity index (χ1) is 17.2. The van der Waals surface area contributed by atoms with Gasteiger partial charge in [-0.2, -0.15) is 5.26 Å². The fraction of sp³-hybridized carbons (Fsp3) is 0.400. The molecule has 180 valence electrons. The molecule has 0 saturated carbocycles. The Morgan fingerprint density at radius 1 is 1.11 bits per heavy atom. The predicted molar refractivity (Wildman–Crippen MR) is 131 cm³/mol. The Kier molecular flexibility index (Phi) is 7.09. The van der Waals surface area contributed by atoms with Gasteiger partial charge in [0.05, 0.1) is 54.7 Å². The third-order valence-corrected chi connectivity index (χ3v) is 6.30. The SMILES string of the molecule is CN(c1ncc(-c2ccnc(Nc3ccc(CN4CCOCC4)nc3)n2)cc1C#N)C1CCOC1. The fourth-order valence-electron chi connectivity index (χ4n) is 4.25. The lowest BCUT2D eigenvalue weighted by Gasteiger charge is -2.26. The van der Waals surface area contributed by atoms with Gasteiger partial charge in [-0.15, -0.1) is 0 Å². The summed E-state index contributed by atoms with van der Waals surface area (Å²) in [6.45, 7) is 5.59. The van der Waals surface area contributed by atoms with Gasteiger partial charge in [0.2, 0.25) is 5.95 Å². The Morgan fingerprint density at radius 2 is 2.00 bits per heavy atom. The summed E-state index contributed by atoms with van der Waals surface area (Å²) in [6, 6.07) is 10.1. The van der Waals surface area contributed by atoms with Crippen LogP contribution < -0.4 is 10.2 Å². The van der Waals surface area contributed by atoms with E-state index in [0.717, 1.165) is 62.8 Å². The largest absolute Gasteiger partial charge is 0.379 e. The molecule has 0 aromatic carbocycles. The van der Waals surface area contributed by atoms with Crippen LogP contribution >= 0.6 is 0 Å². The van der Waals surface area contributed by atoms with E-state index in [9.17, 15) is 5.26 Å². The highest BCUT2D eigenvalue weighted by Gasteiger charge is 2.23. The Hall–Kier alpha value is -3.65. The molecule has 0 aliphatic carbocycles. The molecule has 2 saturated heterocycles. The number of aromatic nitrogens is 4. The fourth-order valence-corrected chi connectivity index (χ4v) is 4.25. The van der Waals surface area contributed by atoms with E-state index in [1.165, 1.54) is 0 Å². The number of likely N-dealkylation sites (N-methyl/N-ethyl adjacent to an activating group) is 1. The Bertz CT molecular complexity index is 1180. The van der Waals surface area contributed by atoms with E-state index in [4.69, 9.17) is 9.47 Å². The first-order valence-electron chi connectivity index (χ1n) is 11.8. The molecule has 10 heteroatoms. The first-order valence-corrected chi connectivity index (χ1v) is 11.8. The summed E-state index contributed by atoms with van der Waals surface area (Å²) in [6.07, 6.45) is 6.15. The molecule has 1 unspecified atom stereocenters. The normalized spacial score (nSPS) is 18.2. The summed E-state index contributed by atoms with van der Waals surface area (Å²) in [5.41, 5.74) is 3.76. The van der Waals surface area contributed by atoms with Crippen molar-refractivity contribution < 1.29 is 9.47 Å². The van der Waals surface area contributed by atoms with E-state index in [1.807, 2.05) is 30.1 Å². The van der Waals surface area contributed by atoms with Gasteiger partial charge in [0.25, 0.3) is 0 Å². The highest BCUT2D eigenvalue weighted by atomic mass is 16.5. The van der Waals surface area contributed by atoms with Gasteiger partial charge in [-0.05, 0) is 30.7 Å². The van der Waals surface area contributed by atoms with Gasteiger partial charge in [-0.1, -0.05) is 0 Å². The summed E-state index contributed by atoms with van der Waals surface area (Å²) < 4.78 is 10.9.